The monoisotopic (exact) mass is 315 g/mol. The first-order valence-electron chi connectivity index (χ1n) is 5.91. The van der Waals surface area contributed by atoms with E-state index in [0.717, 1.165) is 0 Å². The van der Waals surface area contributed by atoms with Crippen molar-refractivity contribution in [2.45, 2.75) is 26.8 Å². The van der Waals surface area contributed by atoms with Crippen molar-refractivity contribution in [1.29, 1.82) is 0 Å². The maximum atomic E-state index is 11.5. The lowest BCUT2D eigenvalue weighted by molar-refractivity contribution is -0.139. The van der Waals surface area contributed by atoms with Crippen LogP contribution in [0.15, 0.2) is 23.3 Å². The minimum atomic E-state index is -0.837. The smallest absolute Gasteiger partial charge is 0.329 e. The van der Waals surface area contributed by atoms with Gasteiger partial charge in [-0.25, -0.2) is 5.43 Å². The lowest BCUT2D eigenvalue weighted by Crippen LogP contribution is -2.41. The lowest BCUT2D eigenvalue weighted by atomic mass is 10.1. The van der Waals surface area contributed by atoms with Crippen molar-refractivity contribution < 1.29 is 9.59 Å². The van der Waals surface area contributed by atoms with Crippen molar-refractivity contribution in [1.82, 2.24) is 10.7 Å². The molecule has 1 aromatic rings. The summed E-state index contributed by atoms with van der Waals surface area (Å²) < 4.78 is 0. The number of benzene rings is 1. The van der Waals surface area contributed by atoms with Gasteiger partial charge in [-0.2, -0.15) is 5.10 Å². The number of carbonyl (C=O) groups excluding carboxylic acids is 2. The predicted molar refractivity (Wildman–Crippen MR) is 80.1 cm³/mol. The molecule has 1 rings (SSSR count). The van der Waals surface area contributed by atoms with Crippen LogP contribution in [-0.4, -0.2) is 23.6 Å². The van der Waals surface area contributed by atoms with Crippen LogP contribution in [0.4, 0.5) is 0 Å². The molecule has 0 aliphatic rings. The van der Waals surface area contributed by atoms with E-state index < -0.39 is 11.8 Å². The minimum absolute atomic E-state index is 0.124. The third-order valence-electron chi connectivity index (χ3n) is 2.27. The van der Waals surface area contributed by atoms with Gasteiger partial charge in [-0.15, -0.1) is 0 Å². The van der Waals surface area contributed by atoms with Gasteiger partial charge in [0.1, 0.15) is 0 Å². The highest BCUT2D eigenvalue weighted by atomic mass is 35.5. The van der Waals surface area contributed by atoms with Crippen LogP contribution in [0.25, 0.3) is 0 Å². The van der Waals surface area contributed by atoms with Crippen molar-refractivity contribution >= 4 is 40.7 Å². The van der Waals surface area contributed by atoms with Gasteiger partial charge in [-0.3, -0.25) is 9.59 Å². The second-order valence-corrected chi connectivity index (χ2v) is 5.23. The molecule has 7 heteroatoms. The second-order valence-electron chi connectivity index (χ2n) is 4.39. The maximum Gasteiger partial charge on any atom is 0.329 e. The highest BCUT2D eigenvalue weighted by molar-refractivity contribution is 6.36. The molecule has 0 aliphatic heterocycles. The summed E-state index contributed by atoms with van der Waals surface area (Å²) in [5.74, 6) is -1.58. The molecule has 0 spiro atoms. The zero-order valence-corrected chi connectivity index (χ0v) is 12.8. The fourth-order valence-electron chi connectivity index (χ4n) is 1.35. The third-order valence-corrected chi connectivity index (χ3v) is 2.83. The van der Waals surface area contributed by atoms with E-state index in [1.807, 2.05) is 0 Å². The van der Waals surface area contributed by atoms with Crippen LogP contribution in [-0.2, 0) is 9.59 Å². The molecule has 0 bridgehead atoms. The van der Waals surface area contributed by atoms with E-state index in [2.05, 4.69) is 15.8 Å². The number of rotatable bonds is 3. The third kappa shape index (κ3) is 4.83. The van der Waals surface area contributed by atoms with Crippen LogP contribution >= 0.6 is 23.2 Å². The van der Waals surface area contributed by atoms with E-state index in [4.69, 9.17) is 23.2 Å². The zero-order chi connectivity index (χ0) is 15.3. The Hall–Kier alpha value is -1.59. The molecule has 0 fully saturated rings. The van der Waals surface area contributed by atoms with E-state index >= 15 is 0 Å². The first-order chi connectivity index (χ1) is 9.31. The fraction of sp³-hybridized carbons (Fsp3) is 0.308. The Balaban J connectivity index is 2.77. The Morgan fingerprint density at radius 1 is 1.20 bits per heavy atom. The van der Waals surface area contributed by atoms with Gasteiger partial charge in [-0.05, 0) is 39.0 Å². The summed E-state index contributed by atoms with van der Waals surface area (Å²) >= 11 is 11.9. The molecule has 0 atom stereocenters. The topological polar surface area (TPSA) is 70.6 Å². The highest BCUT2D eigenvalue weighted by Gasteiger charge is 2.14. The second kappa shape index (κ2) is 7.26. The van der Waals surface area contributed by atoms with Gasteiger partial charge in [0.25, 0.3) is 0 Å². The van der Waals surface area contributed by atoms with Crippen molar-refractivity contribution in [3.8, 4) is 0 Å². The molecular formula is C13H15Cl2N3O2. The Bertz CT molecular complexity index is 557. The zero-order valence-electron chi connectivity index (χ0n) is 11.3. The standard InChI is InChI=1S/C13H15Cl2N3O2/c1-7(2)16-12(19)13(20)18-17-8(3)10-6-9(14)4-5-11(10)15/h4-7H,1-3H3,(H,16,19)(H,18,20)/b17-8-. The predicted octanol–water partition coefficient (Wildman–Crippen LogP) is 2.36. The van der Waals surface area contributed by atoms with Crippen molar-refractivity contribution in [2.24, 2.45) is 5.10 Å². The number of halogens is 2. The molecule has 0 saturated heterocycles. The van der Waals surface area contributed by atoms with Gasteiger partial charge in [-0.1, -0.05) is 23.2 Å². The number of hydrazone groups is 1. The van der Waals surface area contributed by atoms with E-state index in [1.165, 1.54) is 0 Å². The number of nitrogens with zero attached hydrogens (tertiary/aromatic N) is 1. The molecule has 0 radical (unpaired) electrons. The average molecular weight is 316 g/mol. The van der Waals surface area contributed by atoms with Gasteiger partial charge in [0.2, 0.25) is 0 Å². The minimum Gasteiger partial charge on any atom is -0.346 e. The lowest BCUT2D eigenvalue weighted by Gasteiger charge is -2.07. The van der Waals surface area contributed by atoms with Crippen LogP contribution < -0.4 is 10.7 Å². The maximum absolute atomic E-state index is 11.5. The number of carbonyl (C=O) groups is 2. The van der Waals surface area contributed by atoms with Crippen LogP contribution in [0.3, 0.4) is 0 Å². The summed E-state index contributed by atoms with van der Waals surface area (Å²) in [4.78, 5) is 22.9. The van der Waals surface area contributed by atoms with Gasteiger partial charge in [0, 0.05) is 21.7 Å². The Labute approximate surface area is 127 Å². The quantitative estimate of drug-likeness (QED) is 0.510. The molecule has 2 amide bonds. The highest BCUT2D eigenvalue weighted by Crippen LogP contribution is 2.21. The summed E-state index contributed by atoms with van der Waals surface area (Å²) in [5, 5.41) is 7.25. The first-order valence-corrected chi connectivity index (χ1v) is 6.67. The van der Waals surface area contributed by atoms with E-state index in [1.54, 1.807) is 39.0 Å². The number of hydrogen-bond acceptors (Lipinski definition) is 3. The van der Waals surface area contributed by atoms with Crippen LogP contribution in [0.5, 0.6) is 0 Å². The summed E-state index contributed by atoms with van der Waals surface area (Å²) in [5.41, 5.74) is 3.20. The molecule has 20 heavy (non-hydrogen) atoms. The largest absolute Gasteiger partial charge is 0.346 e. The molecule has 0 heterocycles. The van der Waals surface area contributed by atoms with E-state index in [9.17, 15) is 9.59 Å². The van der Waals surface area contributed by atoms with E-state index in [-0.39, 0.29) is 6.04 Å². The van der Waals surface area contributed by atoms with Gasteiger partial charge in [0.15, 0.2) is 0 Å². The van der Waals surface area contributed by atoms with Crippen molar-refractivity contribution in [3.63, 3.8) is 0 Å². The molecule has 0 unspecified atom stereocenters. The van der Waals surface area contributed by atoms with Crippen molar-refractivity contribution in [2.75, 3.05) is 0 Å². The Morgan fingerprint density at radius 3 is 2.45 bits per heavy atom. The molecule has 0 aromatic heterocycles. The fourth-order valence-corrected chi connectivity index (χ4v) is 1.77. The molecular weight excluding hydrogens is 301 g/mol. The molecule has 108 valence electrons. The summed E-state index contributed by atoms with van der Waals surface area (Å²) in [7, 11) is 0. The molecule has 5 nitrogen and oxygen atoms in total. The molecule has 2 N–H and O–H groups in total. The average Bonchev–Trinajstić information content (AvgIpc) is 2.37. The van der Waals surface area contributed by atoms with Gasteiger partial charge < -0.3 is 5.32 Å². The summed E-state index contributed by atoms with van der Waals surface area (Å²) in [6, 6.07) is 4.78. The number of amides is 2. The van der Waals surface area contributed by atoms with Crippen LogP contribution in [0.1, 0.15) is 26.3 Å². The summed E-state index contributed by atoms with van der Waals surface area (Å²) in [6.45, 7) is 5.16. The van der Waals surface area contributed by atoms with Crippen LogP contribution in [0, 0.1) is 0 Å². The normalized spacial score (nSPS) is 11.4. The van der Waals surface area contributed by atoms with E-state index in [0.29, 0.717) is 21.3 Å². The molecule has 1 aromatic carbocycles. The van der Waals surface area contributed by atoms with Gasteiger partial charge >= 0.3 is 11.8 Å². The molecule has 0 aliphatic carbocycles. The Morgan fingerprint density at radius 2 is 1.85 bits per heavy atom. The van der Waals surface area contributed by atoms with Gasteiger partial charge in [0.05, 0.1) is 5.71 Å². The Kier molecular flexibility index (Phi) is 5.98. The number of nitrogens with one attached hydrogen (secondary N) is 2. The summed E-state index contributed by atoms with van der Waals surface area (Å²) in [6.07, 6.45) is 0. The SMILES string of the molecule is C/C(=N/NC(=O)C(=O)NC(C)C)c1cc(Cl)ccc1Cl. The number of hydrogen-bond donors (Lipinski definition) is 2. The van der Waals surface area contributed by atoms with Crippen LogP contribution in [0.2, 0.25) is 10.0 Å². The van der Waals surface area contributed by atoms with Crippen molar-refractivity contribution in [3.05, 3.63) is 33.8 Å². The first kappa shape index (κ1) is 16.5. The molecule has 0 saturated carbocycles.